The molecule has 1 aromatic heterocycles. The van der Waals surface area contributed by atoms with Gasteiger partial charge in [0.15, 0.2) is 0 Å². The number of aromatic nitrogens is 3. The van der Waals surface area contributed by atoms with Crippen LogP contribution in [0.1, 0.15) is 29.6 Å². The van der Waals surface area contributed by atoms with Crippen molar-refractivity contribution in [2.45, 2.75) is 24.8 Å². The molecule has 6 rings (SSSR count). The number of rotatable bonds is 5. The van der Waals surface area contributed by atoms with Crippen LogP contribution < -0.4 is 5.32 Å². The molecule has 2 aromatic carbocycles. The van der Waals surface area contributed by atoms with E-state index in [9.17, 15) is 9.18 Å². The number of halogens is 2. The minimum Gasteiger partial charge on any atom is -0.383 e. The number of fused-ring (bicyclic) bond motifs is 2. The van der Waals surface area contributed by atoms with Gasteiger partial charge in [-0.2, -0.15) is 15.0 Å². The van der Waals surface area contributed by atoms with Gasteiger partial charge in [0, 0.05) is 23.8 Å². The smallest absolute Gasteiger partial charge is 0.256 e. The highest BCUT2D eigenvalue weighted by atomic mass is 35.5. The van der Waals surface area contributed by atoms with E-state index >= 15 is 0 Å². The number of nitrogens with one attached hydrogen (secondary N) is 1. The molecule has 1 N–H and O–H groups in total. The van der Waals surface area contributed by atoms with E-state index in [2.05, 4.69) is 15.5 Å². The van der Waals surface area contributed by atoms with Gasteiger partial charge in [-0.3, -0.25) is 4.79 Å². The number of hydrogen-bond acceptors (Lipinski definition) is 4. The van der Waals surface area contributed by atoms with Crippen molar-refractivity contribution in [1.29, 1.82) is 0 Å². The van der Waals surface area contributed by atoms with E-state index < -0.39 is 5.82 Å². The van der Waals surface area contributed by atoms with Crippen molar-refractivity contribution in [2.24, 2.45) is 5.92 Å². The normalized spacial score (nSPS) is 22.5. The predicted octanol–water partition coefficient (Wildman–Crippen LogP) is 4.17. The Kier molecular flexibility index (Phi) is 4.70. The number of hydrogen-bond donors (Lipinski definition) is 1. The number of amides is 1. The quantitative estimate of drug-likeness (QED) is 0.666. The summed E-state index contributed by atoms with van der Waals surface area (Å²) in [5, 5.41) is 12.4. The molecule has 3 fully saturated rings. The van der Waals surface area contributed by atoms with E-state index in [4.69, 9.17) is 11.6 Å². The number of nitrogens with zero attached hydrogens (tertiary/aromatic N) is 4. The molecule has 1 aliphatic carbocycles. The van der Waals surface area contributed by atoms with E-state index in [0.29, 0.717) is 29.7 Å². The summed E-state index contributed by atoms with van der Waals surface area (Å²) in [5.41, 5.74) is 1.44. The highest BCUT2D eigenvalue weighted by molar-refractivity contribution is 6.30. The van der Waals surface area contributed by atoms with Gasteiger partial charge in [0.2, 0.25) is 0 Å². The first-order valence-corrected chi connectivity index (χ1v) is 10.4. The van der Waals surface area contributed by atoms with Crippen LogP contribution in [-0.2, 0) is 0 Å². The molecule has 30 heavy (non-hydrogen) atoms. The first-order chi connectivity index (χ1) is 14.5. The number of benzene rings is 2. The van der Waals surface area contributed by atoms with Gasteiger partial charge in [-0.15, -0.1) is 0 Å². The lowest BCUT2D eigenvalue weighted by molar-refractivity contribution is -0.0487. The van der Waals surface area contributed by atoms with Gasteiger partial charge in [-0.1, -0.05) is 11.6 Å². The molecule has 0 atom stereocenters. The van der Waals surface area contributed by atoms with Crippen LogP contribution in [0.5, 0.6) is 0 Å². The second-order valence-electron chi connectivity index (χ2n) is 8.08. The maximum absolute atomic E-state index is 14.1. The predicted molar refractivity (Wildman–Crippen MR) is 112 cm³/mol. The van der Waals surface area contributed by atoms with Crippen molar-refractivity contribution in [1.82, 2.24) is 19.9 Å². The summed E-state index contributed by atoms with van der Waals surface area (Å²) in [6.45, 7) is 1.30. The standard InChI is InChI=1S/C22H21ClFN5O/c23-16-1-4-18(5-2-16)25-14-22-12-15(13-22)7-10-28(22)21(30)19-11-17(24)3-6-20(19)29-26-8-9-27-29/h1-6,8-9,11,15,25H,7,10,12-14H2. The van der Waals surface area contributed by atoms with E-state index in [1.807, 2.05) is 29.2 Å². The third kappa shape index (κ3) is 3.33. The Balaban J connectivity index is 1.43. The Morgan fingerprint density at radius 2 is 1.90 bits per heavy atom. The monoisotopic (exact) mass is 425 g/mol. The van der Waals surface area contributed by atoms with E-state index in [-0.39, 0.29) is 17.0 Å². The molecular weight excluding hydrogens is 405 g/mol. The Morgan fingerprint density at radius 3 is 2.63 bits per heavy atom. The van der Waals surface area contributed by atoms with Crippen LogP contribution in [0, 0.1) is 11.7 Å². The molecule has 2 aliphatic heterocycles. The van der Waals surface area contributed by atoms with Gasteiger partial charge in [0.05, 0.1) is 29.2 Å². The molecule has 0 spiro atoms. The minimum absolute atomic E-state index is 0.183. The fourth-order valence-electron chi connectivity index (χ4n) is 4.72. The zero-order valence-corrected chi connectivity index (χ0v) is 17.0. The SMILES string of the molecule is O=C(c1cc(F)ccc1-n1nccn1)N1CCC2CC1(CNc1ccc(Cl)cc1)C2. The molecule has 2 bridgehead atoms. The lowest BCUT2D eigenvalue weighted by atomic mass is 9.62. The Bertz CT molecular complexity index is 1060. The van der Waals surface area contributed by atoms with Crippen LogP contribution in [0.2, 0.25) is 5.02 Å². The van der Waals surface area contributed by atoms with Gasteiger partial charge < -0.3 is 10.2 Å². The van der Waals surface area contributed by atoms with Crippen LogP contribution in [0.4, 0.5) is 10.1 Å². The number of carbonyl (C=O) groups excluding carboxylic acids is 1. The first kappa shape index (κ1) is 19.1. The third-order valence-electron chi connectivity index (χ3n) is 6.20. The zero-order chi connectivity index (χ0) is 20.7. The van der Waals surface area contributed by atoms with Gasteiger partial charge in [0.1, 0.15) is 5.82 Å². The van der Waals surface area contributed by atoms with Crippen LogP contribution in [-0.4, -0.2) is 44.4 Å². The second-order valence-corrected chi connectivity index (χ2v) is 8.52. The van der Waals surface area contributed by atoms with Crippen LogP contribution in [0.25, 0.3) is 5.69 Å². The van der Waals surface area contributed by atoms with Gasteiger partial charge in [0.25, 0.3) is 5.91 Å². The van der Waals surface area contributed by atoms with Crippen molar-refractivity contribution in [2.75, 3.05) is 18.4 Å². The van der Waals surface area contributed by atoms with Crippen LogP contribution >= 0.6 is 11.6 Å². The van der Waals surface area contributed by atoms with Crippen molar-refractivity contribution in [3.8, 4) is 5.69 Å². The number of piperidine rings is 2. The van der Waals surface area contributed by atoms with Gasteiger partial charge >= 0.3 is 0 Å². The molecule has 0 unspecified atom stereocenters. The average Bonchev–Trinajstić information content (AvgIpc) is 3.27. The maximum Gasteiger partial charge on any atom is 0.256 e. The molecule has 3 heterocycles. The molecule has 3 aliphatic rings. The summed E-state index contributed by atoms with van der Waals surface area (Å²) in [5.74, 6) is 0.00442. The largest absolute Gasteiger partial charge is 0.383 e. The summed E-state index contributed by atoms with van der Waals surface area (Å²) < 4.78 is 14.1. The molecule has 3 aromatic rings. The average molecular weight is 426 g/mol. The number of anilines is 1. The van der Waals surface area contributed by atoms with E-state index in [1.54, 1.807) is 6.07 Å². The molecule has 8 heteroatoms. The minimum atomic E-state index is -0.453. The van der Waals surface area contributed by atoms with Crippen LogP contribution in [0.3, 0.4) is 0 Å². The summed E-state index contributed by atoms with van der Waals surface area (Å²) in [6, 6.07) is 11.7. The highest BCUT2D eigenvalue weighted by Gasteiger charge is 2.53. The Hall–Kier alpha value is -2.93. The maximum atomic E-state index is 14.1. The molecule has 0 radical (unpaired) electrons. The summed E-state index contributed by atoms with van der Waals surface area (Å²) in [4.78, 5) is 16.9. The molecule has 6 nitrogen and oxygen atoms in total. The molecular formula is C22H21ClFN5O. The lowest BCUT2D eigenvalue weighted by Gasteiger charge is -2.59. The molecule has 154 valence electrons. The van der Waals surface area contributed by atoms with Crippen molar-refractivity contribution >= 4 is 23.2 Å². The van der Waals surface area contributed by atoms with Crippen LogP contribution in [0.15, 0.2) is 54.9 Å². The van der Waals surface area contributed by atoms with Crippen molar-refractivity contribution in [3.63, 3.8) is 0 Å². The topological polar surface area (TPSA) is 63.1 Å². The zero-order valence-electron chi connectivity index (χ0n) is 16.3. The third-order valence-corrected chi connectivity index (χ3v) is 6.46. The van der Waals surface area contributed by atoms with E-state index in [1.165, 1.54) is 29.3 Å². The van der Waals surface area contributed by atoms with E-state index in [0.717, 1.165) is 24.9 Å². The van der Waals surface area contributed by atoms with Crippen molar-refractivity contribution < 1.29 is 9.18 Å². The fourth-order valence-corrected chi connectivity index (χ4v) is 4.84. The Morgan fingerprint density at radius 1 is 1.17 bits per heavy atom. The number of carbonyl (C=O) groups is 1. The second kappa shape index (κ2) is 7.40. The van der Waals surface area contributed by atoms with Gasteiger partial charge in [-0.05, 0) is 67.6 Å². The molecule has 1 amide bonds. The highest BCUT2D eigenvalue weighted by Crippen LogP contribution is 2.49. The van der Waals surface area contributed by atoms with Crippen molar-refractivity contribution in [3.05, 3.63) is 71.3 Å². The fraction of sp³-hybridized carbons (Fsp3) is 0.318. The Labute approximate surface area is 178 Å². The molecule has 1 saturated carbocycles. The first-order valence-electron chi connectivity index (χ1n) is 10.0. The summed E-state index contributed by atoms with van der Waals surface area (Å²) in [7, 11) is 0. The van der Waals surface area contributed by atoms with Gasteiger partial charge in [-0.25, -0.2) is 4.39 Å². The summed E-state index contributed by atoms with van der Waals surface area (Å²) in [6.07, 6.45) is 5.94. The molecule has 2 saturated heterocycles. The summed E-state index contributed by atoms with van der Waals surface area (Å²) >= 11 is 5.97. The lowest BCUT2D eigenvalue weighted by Crippen LogP contribution is -2.67.